The molecule has 32 heavy (non-hydrogen) atoms. The van der Waals surface area contributed by atoms with E-state index in [-0.39, 0.29) is 29.9 Å². The minimum atomic E-state index is -0.107. The molecule has 0 aliphatic rings. The summed E-state index contributed by atoms with van der Waals surface area (Å²) >= 11 is 0. The largest absolute Gasteiger partial charge is 0.508 e. The molecule has 0 aliphatic heterocycles. The molecule has 5 heteroatoms. The van der Waals surface area contributed by atoms with Crippen LogP contribution in [0.1, 0.15) is 37.9 Å². The Labute approximate surface area is 191 Å². The number of fused-ring (bicyclic) bond motifs is 1. The maximum atomic E-state index is 13.3. The minimum absolute atomic E-state index is 0.0574. The van der Waals surface area contributed by atoms with Gasteiger partial charge in [-0.25, -0.2) is 4.79 Å². The van der Waals surface area contributed by atoms with Gasteiger partial charge in [0.2, 0.25) is 0 Å². The third-order valence-corrected chi connectivity index (χ3v) is 6.06. The van der Waals surface area contributed by atoms with Crippen LogP contribution < -0.4 is 5.32 Å². The van der Waals surface area contributed by atoms with E-state index in [1.165, 1.54) is 5.39 Å². The molecule has 0 fully saturated rings. The zero-order valence-corrected chi connectivity index (χ0v) is 19.7. The summed E-state index contributed by atoms with van der Waals surface area (Å²) in [6.07, 6.45) is 0.794. The molecule has 3 aromatic carbocycles. The van der Waals surface area contributed by atoms with Gasteiger partial charge in [0.15, 0.2) is 0 Å². The van der Waals surface area contributed by atoms with Crippen molar-refractivity contribution in [1.29, 1.82) is 0 Å². The highest BCUT2D eigenvalue weighted by molar-refractivity contribution is 5.86. The summed E-state index contributed by atoms with van der Waals surface area (Å²) in [5.74, 6) is 0.265. The summed E-state index contributed by atoms with van der Waals surface area (Å²) < 4.78 is 0. The Morgan fingerprint density at radius 2 is 1.59 bits per heavy atom. The number of nitrogens with one attached hydrogen (secondary N) is 1. The van der Waals surface area contributed by atoms with Crippen LogP contribution in [-0.2, 0) is 6.42 Å². The molecule has 0 bridgehead atoms. The summed E-state index contributed by atoms with van der Waals surface area (Å²) in [5.41, 5.74) is 2.25. The second-order valence-electron chi connectivity index (χ2n) is 8.97. The van der Waals surface area contributed by atoms with E-state index < -0.39 is 0 Å². The van der Waals surface area contributed by atoms with E-state index in [1.807, 2.05) is 56.3 Å². The lowest BCUT2D eigenvalue weighted by Crippen LogP contribution is -2.51. The van der Waals surface area contributed by atoms with Gasteiger partial charge in [-0.05, 0) is 75.3 Å². The fraction of sp³-hybridized carbons (Fsp3) is 0.370. The topological polar surface area (TPSA) is 55.8 Å². The van der Waals surface area contributed by atoms with E-state index in [0.29, 0.717) is 6.54 Å². The fourth-order valence-electron chi connectivity index (χ4n) is 4.04. The maximum absolute atomic E-state index is 13.3. The number of phenols is 1. The average molecular weight is 434 g/mol. The van der Waals surface area contributed by atoms with Gasteiger partial charge >= 0.3 is 6.03 Å². The molecule has 170 valence electrons. The van der Waals surface area contributed by atoms with Gasteiger partial charge in [-0.1, -0.05) is 54.6 Å². The third kappa shape index (κ3) is 5.80. The Hall–Kier alpha value is -3.05. The molecular formula is C27H35N3O2. The number of nitrogens with zero attached hydrogens (tertiary/aromatic N) is 2. The minimum Gasteiger partial charge on any atom is -0.508 e. The first-order chi connectivity index (χ1) is 15.3. The molecule has 2 unspecified atom stereocenters. The lowest BCUT2D eigenvalue weighted by atomic mass is 10.00. The molecule has 0 heterocycles. The van der Waals surface area contributed by atoms with Crippen molar-refractivity contribution in [3.63, 3.8) is 0 Å². The van der Waals surface area contributed by atoms with Gasteiger partial charge in [-0.3, -0.25) is 0 Å². The van der Waals surface area contributed by atoms with Gasteiger partial charge in [0.25, 0.3) is 0 Å². The Morgan fingerprint density at radius 1 is 0.938 bits per heavy atom. The number of urea groups is 1. The molecule has 0 aromatic heterocycles. The summed E-state index contributed by atoms with van der Waals surface area (Å²) in [5, 5.41) is 15.1. The molecule has 0 radical (unpaired) electrons. The quantitative estimate of drug-likeness (QED) is 0.513. The van der Waals surface area contributed by atoms with Gasteiger partial charge < -0.3 is 20.2 Å². The van der Waals surface area contributed by atoms with Gasteiger partial charge in [-0.2, -0.15) is 0 Å². The van der Waals surface area contributed by atoms with Gasteiger partial charge in [0.1, 0.15) is 5.75 Å². The van der Waals surface area contributed by atoms with Crippen molar-refractivity contribution in [1.82, 2.24) is 15.1 Å². The number of carbonyl (C=O) groups is 1. The summed E-state index contributed by atoms with van der Waals surface area (Å²) in [6, 6.07) is 21.8. The van der Waals surface area contributed by atoms with E-state index in [9.17, 15) is 9.90 Å². The van der Waals surface area contributed by atoms with Gasteiger partial charge in [0.05, 0.1) is 6.04 Å². The molecule has 5 nitrogen and oxygen atoms in total. The van der Waals surface area contributed by atoms with Crippen molar-refractivity contribution in [2.24, 2.45) is 0 Å². The first kappa shape index (κ1) is 23.6. The first-order valence-electron chi connectivity index (χ1n) is 11.3. The molecule has 2 amide bonds. The van der Waals surface area contributed by atoms with Gasteiger partial charge in [0, 0.05) is 18.6 Å². The van der Waals surface area contributed by atoms with Crippen LogP contribution in [0.4, 0.5) is 4.79 Å². The molecule has 0 saturated carbocycles. The molecule has 3 rings (SSSR count). The molecule has 0 spiro atoms. The van der Waals surface area contributed by atoms with E-state index in [2.05, 4.69) is 48.3 Å². The average Bonchev–Trinajstić information content (AvgIpc) is 2.76. The van der Waals surface area contributed by atoms with E-state index in [0.717, 1.165) is 22.9 Å². The molecule has 2 atom stereocenters. The number of amides is 2. The number of aromatic hydroxyl groups is 1. The highest BCUT2D eigenvalue weighted by Gasteiger charge is 2.25. The highest BCUT2D eigenvalue weighted by atomic mass is 16.3. The van der Waals surface area contributed by atoms with Crippen molar-refractivity contribution < 1.29 is 9.90 Å². The zero-order valence-electron chi connectivity index (χ0n) is 19.7. The third-order valence-electron chi connectivity index (χ3n) is 6.06. The van der Waals surface area contributed by atoms with Crippen molar-refractivity contribution in [2.45, 2.75) is 45.3 Å². The zero-order chi connectivity index (χ0) is 23.3. The highest BCUT2D eigenvalue weighted by Crippen LogP contribution is 2.24. The Balaban J connectivity index is 1.74. The molecule has 2 N–H and O–H groups in total. The Kier molecular flexibility index (Phi) is 7.75. The molecular weight excluding hydrogens is 398 g/mol. The van der Waals surface area contributed by atoms with Crippen LogP contribution in [0.5, 0.6) is 5.75 Å². The summed E-state index contributed by atoms with van der Waals surface area (Å²) in [7, 11) is 4.08. The molecule has 0 aliphatic carbocycles. The molecule has 0 saturated heterocycles. The Morgan fingerprint density at radius 3 is 2.25 bits per heavy atom. The van der Waals surface area contributed by atoms with E-state index >= 15 is 0 Å². The van der Waals surface area contributed by atoms with Crippen LogP contribution >= 0.6 is 0 Å². The number of hydrogen-bond acceptors (Lipinski definition) is 3. The number of likely N-dealkylation sites (N-methyl/N-ethyl adjacent to an activating group) is 1. The predicted octanol–water partition coefficient (Wildman–Crippen LogP) is 5.20. The van der Waals surface area contributed by atoms with Crippen LogP contribution in [0.2, 0.25) is 0 Å². The van der Waals surface area contributed by atoms with Gasteiger partial charge in [-0.15, -0.1) is 0 Å². The van der Waals surface area contributed by atoms with Crippen LogP contribution in [0.3, 0.4) is 0 Å². The van der Waals surface area contributed by atoms with Crippen LogP contribution in [0, 0.1) is 0 Å². The summed E-state index contributed by atoms with van der Waals surface area (Å²) in [4.78, 5) is 17.4. The number of hydrogen-bond donors (Lipinski definition) is 2. The Bertz CT molecular complexity index is 1030. The first-order valence-corrected chi connectivity index (χ1v) is 11.3. The summed E-state index contributed by atoms with van der Waals surface area (Å²) in [6.45, 7) is 6.75. The number of rotatable bonds is 8. The van der Waals surface area contributed by atoms with Crippen LogP contribution in [0.15, 0.2) is 66.7 Å². The van der Waals surface area contributed by atoms with E-state index in [1.54, 1.807) is 12.1 Å². The number of phenolic OH excluding ortho intramolecular Hbond substituents is 1. The van der Waals surface area contributed by atoms with E-state index in [4.69, 9.17) is 0 Å². The van der Waals surface area contributed by atoms with Crippen LogP contribution in [-0.4, -0.2) is 53.7 Å². The van der Waals surface area contributed by atoms with Crippen LogP contribution in [0.25, 0.3) is 10.8 Å². The maximum Gasteiger partial charge on any atom is 0.318 e. The lowest BCUT2D eigenvalue weighted by molar-refractivity contribution is 0.151. The second kappa shape index (κ2) is 10.5. The molecule has 3 aromatic rings. The van der Waals surface area contributed by atoms with Crippen molar-refractivity contribution in [2.75, 3.05) is 20.6 Å². The van der Waals surface area contributed by atoms with Crippen molar-refractivity contribution in [3.8, 4) is 5.75 Å². The smallest absolute Gasteiger partial charge is 0.318 e. The van der Waals surface area contributed by atoms with Crippen molar-refractivity contribution >= 4 is 16.8 Å². The number of benzene rings is 3. The predicted molar refractivity (Wildman–Crippen MR) is 132 cm³/mol. The lowest BCUT2D eigenvalue weighted by Gasteiger charge is -2.35. The standard InChI is InChI=1S/C27H35N3O2/c1-19(2)30(18-23(29(4)5)17-21-13-15-24(31)16-14-21)27(32)28-20(3)25-12-8-10-22-9-6-7-11-26(22)25/h6-16,19-20,23,31H,17-18H2,1-5H3,(H,28,32). The van der Waals surface area contributed by atoms with Crippen molar-refractivity contribution in [3.05, 3.63) is 77.9 Å². The second-order valence-corrected chi connectivity index (χ2v) is 8.97. The monoisotopic (exact) mass is 433 g/mol. The normalized spacial score (nSPS) is 13.3. The number of carbonyl (C=O) groups excluding carboxylic acids is 1. The fourth-order valence-corrected chi connectivity index (χ4v) is 4.04. The SMILES string of the molecule is CC(NC(=O)N(CC(Cc1ccc(O)cc1)N(C)C)C(C)C)c1cccc2ccccc12.